The number of hydrogen-bond acceptors (Lipinski definition) is 6. The molecule has 2 heterocycles. The molecule has 2 aromatic heterocycles. The van der Waals surface area contributed by atoms with Gasteiger partial charge in [-0.05, 0) is 49.6 Å². The van der Waals surface area contributed by atoms with Crippen molar-refractivity contribution in [3.05, 3.63) is 63.1 Å². The Balaban J connectivity index is 1.62. The van der Waals surface area contributed by atoms with Gasteiger partial charge in [0.2, 0.25) is 5.89 Å². The zero-order chi connectivity index (χ0) is 25.1. The predicted octanol–water partition coefficient (Wildman–Crippen LogP) is 7.11. The van der Waals surface area contributed by atoms with Crippen molar-refractivity contribution in [2.45, 2.75) is 52.4 Å². The quantitative estimate of drug-likeness (QED) is 0.239. The molecule has 9 heteroatoms. The summed E-state index contributed by atoms with van der Waals surface area (Å²) in [7, 11) is 0. The lowest BCUT2D eigenvalue weighted by molar-refractivity contribution is -0.139. The number of benzene rings is 2. The number of aliphatic carboxylic acids is 1. The number of carboxylic acids is 1. The highest BCUT2D eigenvalue weighted by Gasteiger charge is 2.21. The highest BCUT2D eigenvalue weighted by Crippen LogP contribution is 2.35. The summed E-state index contributed by atoms with van der Waals surface area (Å²) in [6.45, 7) is 5.74. The first kappa shape index (κ1) is 25.1. The average Bonchev–Trinajstić information content (AvgIpc) is 3.41. The van der Waals surface area contributed by atoms with E-state index in [0.29, 0.717) is 52.1 Å². The summed E-state index contributed by atoms with van der Waals surface area (Å²) < 4.78 is 17.3. The van der Waals surface area contributed by atoms with E-state index < -0.39 is 12.6 Å². The molecule has 35 heavy (non-hydrogen) atoms. The van der Waals surface area contributed by atoms with Gasteiger partial charge in [-0.1, -0.05) is 55.6 Å². The van der Waals surface area contributed by atoms with Crippen molar-refractivity contribution in [3.63, 3.8) is 0 Å². The Hall–Kier alpha value is -3.03. The first-order chi connectivity index (χ1) is 16.8. The number of nitrogens with zero attached hydrogens (tertiary/aromatic N) is 2. The van der Waals surface area contributed by atoms with Crippen LogP contribution in [0.3, 0.4) is 0 Å². The molecule has 2 aromatic carbocycles. The van der Waals surface area contributed by atoms with E-state index >= 15 is 0 Å². The van der Waals surface area contributed by atoms with Crippen molar-refractivity contribution in [2.75, 3.05) is 6.61 Å². The van der Waals surface area contributed by atoms with Crippen molar-refractivity contribution in [1.82, 2.24) is 10.1 Å². The number of fused-ring (bicyclic) bond motifs is 1. The van der Waals surface area contributed by atoms with Crippen molar-refractivity contribution in [3.8, 4) is 17.2 Å². The van der Waals surface area contributed by atoms with Gasteiger partial charge in [-0.25, -0.2) is 9.78 Å². The first-order valence-electron chi connectivity index (χ1n) is 11.5. The standard InChI is InChI=1S/C26H26Cl2N2O5/c1-4-5-18-22(33-13-23(31)32)11-8-17-20(30-35-25(17)18)9-10-21-24(14(2)3)34-26(29-21)16-7-6-15(27)12-19(16)28/h6-8,11-12,14H,4-5,9-10,13H2,1-3H3,(H,31,32). The molecular weight excluding hydrogens is 491 g/mol. The summed E-state index contributed by atoms with van der Waals surface area (Å²) >= 11 is 12.4. The summed E-state index contributed by atoms with van der Waals surface area (Å²) in [6.07, 6.45) is 2.73. The molecule has 0 atom stereocenters. The third-order valence-corrected chi connectivity index (χ3v) is 6.19. The molecular formula is C26H26Cl2N2O5. The molecule has 4 aromatic rings. The van der Waals surface area contributed by atoms with Crippen molar-refractivity contribution >= 4 is 40.1 Å². The minimum Gasteiger partial charge on any atom is -0.481 e. The number of carbonyl (C=O) groups is 1. The Morgan fingerprint density at radius 3 is 2.57 bits per heavy atom. The Morgan fingerprint density at radius 2 is 1.89 bits per heavy atom. The topological polar surface area (TPSA) is 98.6 Å². The number of aromatic nitrogens is 2. The van der Waals surface area contributed by atoms with Gasteiger partial charge in [-0.15, -0.1) is 0 Å². The van der Waals surface area contributed by atoms with E-state index in [1.807, 2.05) is 13.0 Å². The van der Waals surface area contributed by atoms with Crippen LogP contribution in [0.1, 0.15) is 55.8 Å². The molecule has 184 valence electrons. The molecule has 0 saturated carbocycles. The molecule has 0 amide bonds. The van der Waals surface area contributed by atoms with E-state index in [4.69, 9.17) is 47.0 Å². The fraction of sp³-hybridized carbons (Fsp3) is 0.346. The van der Waals surface area contributed by atoms with Gasteiger partial charge in [0.15, 0.2) is 12.2 Å². The van der Waals surface area contributed by atoms with Crippen molar-refractivity contribution < 1.29 is 23.6 Å². The lowest BCUT2D eigenvalue weighted by Gasteiger charge is -2.09. The zero-order valence-electron chi connectivity index (χ0n) is 19.7. The van der Waals surface area contributed by atoms with E-state index in [2.05, 4.69) is 19.0 Å². The third-order valence-electron chi connectivity index (χ3n) is 5.64. The molecule has 0 spiro atoms. The molecule has 0 bridgehead atoms. The van der Waals surface area contributed by atoms with Gasteiger partial charge >= 0.3 is 5.97 Å². The molecule has 0 unspecified atom stereocenters. The molecule has 7 nitrogen and oxygen atoms in total. The maximum absolute atomic E-state index is 10.9. The SMILES string of the molecule is CCCc1c(OCC(=O)O)ccc2c(CCc3nc(-c4ccc(Cl)cc4Cl)oc3C(C)C)noc12. The second-order valence-electron chi connectivity index (χ2n) is 8.59. The van der Waals surface area contributed by atoms with Crippen LogP contribution in [-0.2, 0) is 24.1 Å². The Bertz CT molecular complexity index is 1360. The van der Waals surface area contributed by atoms with Crippen LogP contribution in [0.25, 0.3) is 22.4 Å². The van der Waals surface area contributed by atoms with E-state index in [0.717, 1.165) is 34.5 Å². The molecule has 0 radical (unpaired) electrons. The second kappa shape index (κ2) is 10.7. The van der Waals surface area contributed by atoms with Gasteiger partial charge in [0.1, 0.15) is 11.5 Å². The van der Waals surface area contributed by atoms with Crippen LogP contribution in [0.4, 0.5) is 0 Å². The van der Waals surface area contributed by atoms with Crippen LogP contribution in [0.2, 0.25) is 10.0 Å². The van der Waals surface area contributed by atoms with Crippen LogP contribution < -0.4 is 4.74 Å². The normalized spacial score (nSPS) is 11.5. The minimum atomic E-state index is -1.03. The first-order valence-corrected chi connectivity index (χ1v) is 12.2. The highest BCUT2D eigenvalue weighted by atomic mass is 35.5. The number of hydrogen-bond donors (Lipinski definition) is 1. The van der Waals surface area contributed by atoms with Crippen molar-refractivity contribution in [1.29, 1.82) is 0 Å². The number of carboxylic acid groups (broad SMARTS) is 1. The van der Waals surface area contributed by atoms with Gasteiger partial charge in [-0.2, -0.15) is 0 Å². The fourth-order valence-corrected chi connectivity index (χ4v) is 4.53. The Morgan fingerprint density at radius 1 is 1.11 bits per heavy atom. The highest BCUT2D eigenvalue weighted by molar-refractivity contribution is 6.36. The number of aryl methyl sites for hydroxylation is 3. The summed E-state index contributed by atoms with van der Waals surface area (Å²) in [5.74, 6) is 0.873. The lowest BCUT2D eigenvalue weighted by atomic mass is 10.0. The number of halogens is 2. The van der Waals surface area contributed by atoms with Crippen LogP contribution in [0.5, 0.6) is 5.75 Å². The number of oxazole rings is 1. The minimum absolute atomic E-state index is 0.136. The van der Waals surface area contributed by atoms with E-state index in [-0.39, 0.29) is 5.92 Å². The van der Waals surface area contributed by atoms with Gasteiger partial charge in [0.05, 0.1) is 22.0 Å². The van der Waals surface area contributed by atoms with Crippen molar-refractivity contribution in [2.24, 2.45) is 0 Å². The molecule has 0 saturated heterocycles. The van der Waals surface area contributed by atoms with Gasteiger partial charge in [0.25, 0.3) is 0 Å². The van der Waals surface area contributed by atoms with Gasteiger partial charge in [0, 0.05) is 21.9 Å². The monoisotopic (exact) mass is 516 g/mol. The van der Waals surface area contributed by atoms with Crippen LogP contribution in [0.15, 0.2) is 39.3 Å². The largest absolute Gasteiger partial charge is 0.481 e. The Labute approximate surface area is 213 Å². The number of ether oxygens (including phenoxy) is 1. The summed E-state index contributed by atoms with van der Waals surface area (Å²) in [5.41, 5.74) is 3.78. The predicted molar refractivity (Wildman–Crippen MR) is 135 cm³/mol. The number of rotatable bonds is 10. The Kier molecular flexibility index (Phi) is 7.67. The maximum Gasteiger partial charge on any atom is 0.341 e. The lowest BCUT2D eigenvalue weighted by Crippen LogP contribution is -2.10. The fourth-order valence-electron chi connectivity index (χ4n) is 4.04. The van der Waals surface area contributed by atoms with Gasteiger partial charge in [-0.3, -0.25) is 0 Å². The van der Waals surface area contributed by atoms with E-state index in [1.165, 1.54) is 0 Å². The zero-order valence-corrected chi connectivity index (χ0v) is 21.2. The van der Waals surface area contributed by atoms with Crippen LogP contribution >= 0.6 is 23.2 Å². The summed E-state index contributed by atoms with van der Waals surface area (Å²) in [6, 6.07) is 8.87. The average molecular weight is 517 g/mol. The smallest absolute Gasteiger partial charge is 0.341 e. The molecule has 4 rings (SSSR count). The molecule has 0 aliphatic rings. The molecule has 1 N–H and O–H groups in total. The molecule has 0 fully saturated rings. The molecule has 0 aliphatic heterocycles. The van der Waals surface area contributed by atoms with E-state index in [9.17, 15) is 4.79 Å². The molecule has 0 aliphatic carbocycles. The summed E-state index contributed by atoms with van der Waals surface area (Å²) in [4.78, 5) is 15.7. The maximum atomic E-state index is 10.9. The second-order valence-corrected chi connectivity index (χ2v) is 9.43. The van der Waals surface area contributed by atoms with Crippen LogP contribution in [-0.4, -0.2) is 27.8 Å². The third kappa shape index (κ3) is 5.46. The van der Waals surface area contributed by atoms with Gasteiger partial charge < -0.3 is 18.8 Å². The van der Waals surface area contributed by atoms with E-state index in [1.54, 1.807) is 24.3 Å². The summed E-state index contributed by atoms with van der Waals surface area (Å²) in [5, 5.41) is 15.2. The van der Waals surface area contributed by atoms with Crippen LogP contribution in [0, 0.1) is 0 Å².